The Morgan fingerprint density at radius 1 is 1.50 bits per heavy atom. The Kier molecular flexibility index (Phi) is 4.67. The molecule has 20 heavy (non-hydrogen) atoms. The molecule has 0 fully saturated rings. The second kappa shape index (κ2) is 6.28. The van der Waals surface area contributed by atoms with Gasteiger partial charge in [0.25, 0.3) is 0 Å². The number of carbonyl (C=O) groups excluding carboxylic acids is 1. The highest BCUT2D eigenvalue weighted by Gasteiger charge is 2.14. The normalized spacial score (nSPS) is 10.6. The molecule has 1 heterocycles. The number of halogens is 2. The highest BCUT2D eigenvalue weighted by atomic mass is 35.5. The number of esters is 1. The van der Waals surface area contributed by atoms with E-state index in [4.69, 9.17) is 11.6 Å². The highest BCUT2D eigenvalue weighted by molar-refractivity contribution is 7.98. The molecule has 0 atom stereocenters. The van der Waals surface area contributed by atoms with E-state index in [1.165, 1.54) is 37.1 Å². The minimum absolute atomic E-state index is 0.334. The molecule has 106 valence electrons. The monoisotopic (exact) mass is 314 g/mol. The Bertz CT molecular complexity index is 626. The predicted molar refractivity (Wildman–Crippen MR) is 75.5 cm³/mol. The van der Waals surface area contributed by atoms with Gasteiger partial charge in [0.05, 0.1) is 18.4 Å². The fourth-order valence-electron chi connectivity index (χ4n) is 1.62. The fraction of sp³-hybridized carbons (Fsp3) is 0.231. The summed E-state index contributed by atoms with van der Waals surface area (Å²) in [7, 11) is 3.03. The summed E-state index contributed by atoms with van der Waals surface area (Å²) in [6.45, 7) is 0. The molecule has 0 radical (unpaired) electrons. The van der Waals surface area contributed by atoms with Crippen LogP contribution in [-0.4, -0.2) is 22.9 Å². The molecule has 0 aliphatic heterocycles. The van der Waals surface area contributed by atoms with Gasteiger partial charge in [-0.1, -0.05) is 11.6 Å². The third-order valence-corrected chi connectivity index (χ3v) is 4.04. The molecule has 0 N–H and O–H groups in total. The molecule has 0 spiro atoms. The number of rotatable bonds is 4. The van der Waals surface area contributed by atoms with Crippen LogP contribution in [0.25, 0.3) is 0 Å². The Morgan fingerprint density at radius 3 is 2.85 bits per heavy atom. The van der Waals surface area contributed by atoms with E-state index < -0.39 is 11.8 Å². The Hall–Kier alpha value is -1.53. The van der Waals surface area contributed by atoms with Gasteiger partial charge >= 0.3 is 5.97 Å². The first-order valence-corrected chi connectivity index (χ1v) is 7.06. The number of hydrogen-bond acceptors (Lipinski definition) is 4. The fourth-order valence-corrected chi connectivity index (χ4v) is 2.73. The molecule has 1 aromatic heterocycles. The van der Waals surface area contributed by atoms with E-state index in [-0.39, 0.29) is 0 Å². The average molecular weight is 315 g/mol. The summed E-state index contributed by atoms with van der Waals surface area (Å²) in [6, 6.07) is 5.68. The maximum absolute atomic E-state index is 13.3. The predicted octanol–water partition coefficient (Wildman–Crippen LogP) is 3.29. The zero-order valence-electron chi connectivity index (χ0n) is 10.9. The summed E-state index contributed by atoms with van der Waals surface area (Å²) in [5.74, 6) is -0.417. The van der Waals surface area contributed by atoms with Crippen LogP contribution in [0.15, 0.2) is 29.2 Å². The van der Waals surface area contributed by atoms with Gasteiger partial charge in [-0.3, -0.25) is 4.68 Å². The molecule has 0 bridgehead atoms. The zero-order valence-corrected chi connectivity index (χ0v) is 12.5. The van der Waals surface area contributed by atoms with Crippen LogP contribution >= 0.6 is 23.4 Å². The number of methoxy groups -OCH3 is 1. The number of aryl methyl sites for hydroxylation is 1. The molecule has 4 nitrogen and oxygen atoms in total. The largest absolute Gasteiger partial charge is 0.465 e. The lowest BCUT2D eigenvalue weighted by Crippen LogP contribution is -2.03. The van der Waals surface area contributed by atoms with Crippen molar-refractivity contribution in [1.82, 2.24) is 9.78 Å². The van der Waals surface area contributed by atoms with Gasteiger partial charge in [0, 0.05) is 17.7 Å². The van der Waals surface area contributed by atoms with Crippen molar-refractivity contribution < 1.29 is 13.9 Å². The number of nitrogens with zero attached hydrogens (tertiary/aromatic N) is 2. The van der Waals surface area contributed by atoms with Crippen molar-refractivity contribution in [1.29, 1.82) is 0 Å². The van der Waals surface area contributed by atoms with E-state index >= 15 is 0 Å². The maximum atomic E-state index is 13.3. The molecule has 0 aliphatic carbocycles. The number of aromatic nitrogens is 2. The van der Waals surface area contributed by atoms with Crippen LogP contribution in [0, 0.1) is 5.82 Å². The van der Waals surface area contributed by atoms with Crippen LogP contribution in [0.4, 0.5) is 4.39 Å². The molecule has 2 rings (SSSR count). The standard InChI is InChI=1S/C13H12ClFN2O2S/c1-17-12(14)6-9(16-17)7-20-11-5-8(15)3-4-10(11)13(18)19-2/h3-6H,7H2,1-2H3. The van der Waals surface area contributed by atoms with Crippen molar-refractivity contribution in [2.24, 2.45) is 7.05 Å². The first-order chi connectivity index (χ1) is 9.51. The number of carbonyl (C=O) groups is 1. The Labute approximate surface area is 124 Å². The Morgan fingerprint density at radius 2 is 2.25 bits per heavy atom. The van der Waals surface area contributed by atoms with Crippen LogP contribution < -0.4 is 0 Å². The van der Waals surface area contributed by atoms with Crippen molar-refractivity contribution in [2.45, 2.75) is 10.6 Å². The first kappa shape index (κ1) is 14.9. The lowest BCUT2D eigenvalue weighted by Gasteiger charge is -2.06. The van der Waals surface area contributed by atoms with Gasteiger partial charge in [0.2, 0.25) is 0 Å². The van der Waals surface area contributed by atoms with Gasteiger partial charge in [0.15, 0.2) is 0 Å². The van der Waals surface area contributed by atoms with Crippen molar-refractivity contribution in [3.05, 3.63) is 46.5 Å². The quantitative estimate of drug-likeness (QED) is 0.641. The van der Waals surface area contributed by atoms with Crippen LogP contribution in [-0.2, 0) is 17.5 Å². The third kappa shape index (κ3) is 3.32. The van der Waals surface area contributed by atoms with E-state index in [1.54, 1.807) is 17.8 Å². The summed E-state index contributed by atoms with van der Waals surface area (Å²) in [5.41, 5.74) is 1.09. The Balaban J connectivity index is 2.19. The van der Waals surface area contributed by atoms with Gasteiger partial charge in [-0.25, -0.2) is 9.18 Å². The molecule has 0 saturated heterocycles. The molecule has 0 saturated carbocycles. The molecular formula is C13H12ClFN2O2S. The van der Waals surface area contributed by atoms with Gasteiger partial charge in [-0.05, 0) is 24.3 Å². The van der Waals surface area contributed by atoms with Gasteiger partial charge in [-0.15, -0.1) is 11.8 Å². The summed E-state index contributed by atoms with van der Waals surface area (Å²) in [4.78, 5) is 12.1. The van der Waals surface area contributed by atoms with Crippen LogP contribution in [0.5, 0.6) is 0 Å². The maximum Gasteiger partial charge on any atom is 0.338 e. The lowest BCUT2D eigenvalue weighted by molar-refractivity contribution is 0.0596. The molecule has 0 unspecified atom stereocenters. The van der Waals surface area contributed by atoms with Gasteiger partial charge in [-0.2, -0.15) is 5.10 Å². The van der Waals surface area contributed by atoms with Crippen LogP contribution in [0.2, 0.25) is 5.15 Å². The van der Waals surface area contributed by atoms with Crippen LogP contribution in [0.1, 0.15) is 16.1 Å². The number of hydrogen-bond donors (Lipinski definition) is 0. The van der Waals surface area contributed by atoms with E-state index in [1.807, 2.05) is 0 Å². The molecule has 0 aliphatic rings. The van der Waals surface area contributed by atoms with E-state index in [0.29, 0.717) is 21.4 Å². The first-order valence-electron chi connectivity index (χ1n) is 5.70. The molecule has 2 aromatic rings. The second-order valence-corrected chi connectivity index (χ2v) is 5.41. The highest BCUT2D eigenvalue weighted by Crippen LogP contribution is 2.28. The minimum Gasteiger partial charge on any atom is -0.465 e. The molecule has 7 heteroatoms. The number of benzene rings is 1. The van der Waals surface area contributed by atoms with Crippen molar-refractivity contribution in [3.8, 4) is 0 Å². The third-order valence-electron chi connectivity index (χ3n) is 2.60. The SMILES string of the molecule is COC(=O)c1ccc(F)cc1SCc1cc(Cl)n(C)n1. The van der Waals surface area contributed by atoms with E-state index in [9.17, 15) is 9.18 Å². The van der Waals surface area contributed by atoms with Crippen molar-refractivity contribution >= 4 is 29.3 Å². The van der Waals surface area contributed by atoms with E-state index in [2.05, 4.69) is 9.84 Å². The molecule has 1 aromatic carbocycles. The topological polar surface area (TPSA) is 44.1 Å². The van der Waals surface area contributed by atoms with Crippen LogP contribution in [0.3, 0.4) is 0 Å². The summed E-state index contributed by atoms with van der Waals surface area (Å²) in [6.07, 6.45) is 0. The number of ether oxygens (including phenoxy) is 1. The van der Waals surface area contributed by atoms with E-state index in [0.717, 1.165) is 5.69 Å². The second-order valence-electron chi connectivity index (χ2n) is 4.00. The van der Waals surface area contributed by atoms with Crippen molar-refractivity contribution in [2.75, 3.05) is 7.11 Å². The molecule has 0 amide bonds. The van der Waals surface area contributed by atoms with Crippen molar-refractivity contribution in [3.63, 3.8) is 0 Å². The van der Waals surface area contributed by atoms with Gasteiger partial charge < -0.3 is 4.74 Å². The molecular weight excluding hydrogens is 303 g/mol. The summed E-state index contributed by atoms with van der Waals surface area (Å²) >= 11 is 7.20. The minimum atomic E-state index is -0.494. The number of thioether (sulfide) groups is 1. The summed E-state index contributed by atoms with van der Waals surface area (Å²) < 4.78 is 19.5. The lowest BCUT2D eigenvalue weighted by atomic mass is 10.2. The zero-order chi connectivity index (χ0) is 14.7. The smallest absolute Gasteiger partial charge is 0.338 e. The average Bonchev–Trinajstić information content (AvgIpc) is 2.75. The van der Waals surface area contributed by atoms with Gasteiger partial charge in [0.1, 0.15) is 11.0 Å². The summed E-state index contributed by atoms with van der Waals surface area (Å²) in [5, 5.41) is 4.72.